The molecule has 12 aromatic carbocycles. The Morgan fingerprint density at radius 1 is 0.226 bits per heavy atom. The summed E-state index contributed by atoms with van der Waals surface area (Å²) in [6, 6.07) is 92.5. The van der Waals surface area contributed by atoms with Crippen molar-refractivity contribution in [3.63, 3.8) is 0 Å². The third kappa shape index (κ3) is 6.41. The second-order valence-electron chi connectivity index (χ2n) is 22.0. The molecule has 0 radical (unpaired) electrons. The molecule has 0 saturated carbocycles. The zero-order chi connectivity index (χ0) is 54.7. The minimum absolute atomic E-state index is 0.545. The van der Waals surface area contributed by atoms with Crippen LogP contribution in [0.5, 0.6) is 0 Å². The van der Waals surface area contributed by atoms with Crippen LogP contribution in [0.15, 0.2) is 274 Å². The zero-order valence-electron chi connectivity index (χ0n) is 44.8. The van der Waals surface area contributed by atoms with Crippen LogP contribution in [-0.2, 0) is 0 Å². The van der Waals surface area contributed by atoms with Gasteiger partial charge in [0, 0.05) is 81.8 Å². The average molecular weight is 1070 g/mol. The molecule has 390 valence electrons. The van der Waals surface area contributed by atoms with Crippen LogP contribution in [0, 0.1) is 0 Å². The van der Waals surface area contributed by atoms with E-state index in [9.17, 15) is 0 Å². The van der Waals surface area contributed by atoms with Crippen molar-refractivity contribution < 1.29 is 13.3 Å². The second-order valence-corrected chi connectivity index (χ2v) is 22.0. The molecule has 19 aromatic rings. The maximum absolute atomic E-state index is 6.61. The Morgan fingerprint density at radius 3 is 1.11 bits per heavy atom. The highest BCUT2D eigenvalue weighted by molar-refractivity contribution is 6.16. The lowest BCUT2D eigenvalue weighted by Crippen LogP contribution is -2.10. The molecule has 0 unspecified atom stereocenters. The summed E-state index contributed by atoms with van der Waals surface area (Å²) in [7, 11) is 0. The Hall–Kier alpha value is -11.5. The first-order valence-electron chi connectivity index (χ1n) is 28.4. The van der Waals surface area contributed by atoms with Crippen molar-refractivity contribution in [3.05, 3.63) is 261 Å². The average Bonchev–Trinajstić information content (AvgIpc) is 2.24. The van der Waals surface area contributed by atoms with Gasteiger partial charge in [-0.2, -0.15) is 9.97 Å². The zero-order valence-corrected chi connectivity index (χ0v) is 44.8. The van der Waals surface area contributed by atoms with Gasteiger partial charge < -0.3 is 13.3 Å². The van der Waals surface area contributed by atoms with Crippen molar-refractivity contribution in [2.75, 3.05) is 0 Å². The molecule has 19 rings (SSSR count). The van der Waals surface area contributed by atoms with Gasteiger partial charge in [-0.25, -0.2) is 0 Å². The van der Waals surface area contributed by atoms with Crippen LogP contribution < -0.4 is 0 Å². The van der Waals surface area contributed by atoms with Crippen molar-refractivity contribution in [1.82, 2.24) is 23.7 Å². The number of aromatic nitrogens is 5. The van der Waals surface area contributed by atoms with Gasteiger partial charge in [0.25, 0.3) is 0 Å². The number of nitrogens with zero attached hydrogens (tertiary/aromatic N) is 5. The molecule has 7 heterocycles. The first-order chi connectivity index (χ1) is 41.6. The van der Waals surface area contributed by atoms with Crippen LogP contribution in [0.3, 0.4) is 0 Å². The van der Waals surface area contributed by atoms with E-state index in [-0.39, 0.29) is 0 Å². The monoisotopic (exact) mass is 1070 g/mol. The van der Waals surface area contributed by atoms with Crippen LogP contribution in [0.4, 0.5) is 0 Å². The molecule has 0 aliphatic rings. The number of fused-ring (bicyclic) bond motifs is 18. The SMILES string of the molecule is c1ccc2c(c1)oc1cc(-c3ccc4c(c3)c3ccccc3n4-c3nc(-n4c5ccccc5c5cc(-c6cccc7c6oc6ccccc67)ccc54)cc(-n4c5ccccc5c5cc(-c6cccc7c6oc6ccccc67)ccc54)n3)ccc12. The van der Waals surface area contributed by atoms with Crippen molar-refractivity contribution in [3.8, 4) is 51.0 Å². The standard InChI is InChI=1S/C76H43N5O3/c1-7-25-62-50(15-1)60-40-46(48-21-13-23-57-54-19-5-11-29-69(54)83-74(48)57)33-37-65(60)79(62)72-43-73(80-63-26-8-2-16-51(63)61-41-47(34-38-66(61)80)49-22-14-24-58-55-20-6-12-30-70(55)84-75(49)58)78-76(77-72)81-64-27-9-3-17-52(64)59-39-44(32-36-67(59)81)45-31-35-56-53-18-4-10-28-68(53)82-71(56)42-45/h1-43H. The molecule has 0 aliphatic carbocycles. The Morgan fingerprint density at radius 2 is 0.583 bits per heavy atom. The molecule has 0 N–H and O–H groups in total. The van der Waals surface area contributed by atoms with Crippen molar-refractivity contribution in [2.24, 2.45) is 0 Å². The molecule has 84 heavy (non-hydrogen) atoms. The lowest BCUT2D eigenvalue weighted by Gasteiger charge is -2.15. The van der Waals surface area contributed by atoms with Gasteiger partial charge in [-0.05, 0) is 107 Å². The van der Waals surface area contributed by atoms with E-state index in [2.05, 4.69) is 238 Å². The molecule has 0 bridgehead atoms. The van der Waals surface area contributed by atoms with Crippen LogP contribution in [0.1, 0.15) is 0 Å². The summed E-state index contributed by atoms with van der Waals surface area (Å²) in [4.78, 5) is 11.5. The van der Waals surface area contributed by atoms with Gasteiger partial charge in [0.1, 0.15) is 45.1 Å². The number of hydrogen-bond acceptors (Lipinski definition) is 5. The lowest BCUT2D eigenvalue weighted by atomic mass is 10.0. The Kier molecular flexibility index (Phi) is 9.18. The summed E-state index contributed by atoms with van der Waals surface area (Å²) in [6.07, 6.45) is 0. The summed E-state index contributed by atoms with van der Waals surface area (Å²) >= 11 is 0. The molecule has 8 heteroatoms. The summed E-state index contributed by atoms with van der Waals surface area (Å²) in [5, 5.41) is 13.3. The predicted molar refractivity (Wildman–Crippen MR) is 343 cm³/mol. The molecular weight excluding hydrogens is 1030 g/mol. The second kappa shape index (κ2) is 17.0. The Balaban J connectivity index is 0.852. The number of rotatable bonds is 6. The topological polar surface area (TPSA) is 80.0 Å². The van der Waals surface area contributed by atoms with E-state index in [1.165, 1.54) is 0 Å². The molecule has 0 aliphatic heterocycles. The molecule has 8 nitrogen and oxygen atoms in total. The smallest absolute Gasteiger partial charge is 0.238 e. The highest BCUT2D eigenvalue weighted by Gasteiger charge is 2.24. The molecule has 0 atom stereocenters. The molecule has 0 saturated heterocycles. The van der Waals surface area contributed by atoms with Gasteiger partial charge in [0.05, 0.1) is 33.1 Å². The minimum Gasteiger partial charge on any atom is -0.456 e. The summed E-state index contributed by atoms with van der Waals surface area (Å²) in [5.74, 6) is 2.01. The minimum atomic E-state index is 0.545. The third-order valence-corrected chi connectivity index (χ3v) is 17.5. The fourth-order valence-corrected chi connectivity index (χ4v) is 13.7. The van der Waals surface area contributed by atoms with Crippen LogP contribution in [0.25, 0.3) is 182 Å². The summed E-state index contributed by atoms with van der Waals surface area (Å²) in [5.41, 5.74) is 17.7. The molecule has 0 fully saturated rings. The number of para-hydroxylation sites is 8. The molecule has 0 amide bonds. The maximum Gasteiger partial charge on any atom is 0.238 e. The van der Waals surface area contributed by atoms with Crippen molar-refractivity contribution >= 4 is 131 Å². The van der Waals surface area contributed by atoms with E-state index >= 15 is 0 Å². The predicted octanol–water partition coefficient (Wildman–Crippen LogP) is 20.5. The largest absolute Gasteiger partial charge is 0.456 e. The third-order valence-electron chi connectivity index (χ3n) is 17.5. The number of hydrogen-bond donors (Lipinski definition) is 0. The summed E-state index contributed by atoms with van der Waals surface area (Å²) in [6.45, 7) is 0. The normalized spacial score (nSPS) is 12.3. The van der Waals surface area contributed by atoms with Gasteiger partial charge in [-0.3, -0.25) is 13.7 Å². The highest BCUT2D eigenvalue weighted by Crippen LogP contribution is 2.44. The first kappa shape index (κ1) is 45.3. The van der Waals surface area contributed by atoms with Gasteiger partial charge in [-0.1, -0.05) is 170 Å². The molecule has 0 spiro atoms. The van der Waals surface area contributed by atoms with Gasteiger partial charge >= 0.3 is 0 Å². The maximum atomic E-state index is 6.61. The van der Waals surface area contributed by atoms with Crippen LogP contribution in [-0.4, -0.2) is 23.7 Å². The Labute approximate surface area is 477 Å². The van der Waals surface area contributed by atoms with E-state index in [1.54, 1.807) is 0 Å². The van der Waals surface area contributed by atoms with Gasteiger partial charge in [0.2, 0.25) is 5.95 Å². The van der Waals surface area contributed by atoms with E-state index in [0.717, 1.165) is 176 Å². The fourth-order valence-electron chi connectivity index (χ4n) is 13.7. The lowest BCUT2D eigenvalue weighted by molar-refractivity contribution is 0.669. The van der Waals surface area contributed by atoms with Crippen LogP contribution >= 0.6 is 0 Å². The van der Waals surface area contributed by atoms with Crippen molar-refractivity contribution in [1.29, 1.82) is 0 Å². The van der Waals surface area contributed by atoms with Crippen molar-refractivity contribution in [2.45, 2.75) is 0 Å². The highest BCUT2D eigenvalue weighted by atomic mass is 16.3. The van der Waals surface area contributed by atoms with E-state index in [0.29, 0.717) is 5.95 Å². The number of benzene rings is 12. The van der Waals surface area contributed by atoms with E-state index in [4.69, 9.17) is 23.2 Å². The number of furan rings is 3. The quantitative estimate of drug-likeness (QED) is 0.166. The first-order valence-corrected chi connectivity index (χ1v) is 28.4. The molecular formula is C76H43N5O3. The fraction of sp³-hybridized carbons (Fsp3) is 0. The van der Waals surface area contributed by atoms with Crippen LogP contribution in [0.2, 0.25) is 0 Å². The van der Waals surface area contributed by atoms with E-state index < -0.39 is 0 Å². The summed E-state index contributed by atoms with van der Waals surface area (Å²) < 4.78 is 26.5. The van der Waals surface area contributed by atoms with E-state index in [1.807, 2.05) is 36.4 Å². The van der Waals surface area contributed by atoms with Gasteiger partial charge in [0.15, 0.2) is 0 Å². The molecule has 7 aromatic heterocycles. The van der Waals surface area contributed by atoms with Gasteiger partial charge in [-0.15, -0.1) is 0 Å². The Bertz CT molecular complexity index is 5770.